The number of hydrogen-bond donors (Lipinski definition) is 3. The van der Waals surface area contributed by atoms with Gasteiger partial charge in [0.15, 0.2) is 11.6 Å². The second-order valence-corrected chi connectivity index (χ2v) is 4.73. The summed E-state index contributed by atoms with van der Waals surface area (Å²) in [6.45, 7) is 4.17. The molecule has 2 heterocycles. The zero-order valence-electron chi connectivity index (χ0n) is 12.0. The maximum Gasteiger partial charge on any atom is 0.225 e. The maximum absolute atomic E-state index is 5.92. The lowest BCUT2D eigenvalue weighted by Crippen LogP contribution is -2.16. The maximum atomic E-state index is 5.92. The zero-order valence-corrected chi connectivity index (χ0v) is 12.7. The molecule has 0 radical (unpaired) electrons. The summed E-state index contributed by atoms with van der Waals surface area (Å²) in [5, 5.41) is 9.39. The van der Waals surface area contributed by atoms with Crippen LogP contribution >= 0.6 is 11.6 Å². The van der Waals surface area contributed by atoms with Gasteiger partial charge in [0.2, 0.25) is 11.2 Å². The van der Waals surface area contributed by atoms with Crippen molar-refractivity contribution in [1.29, 1.82) is 0 Å². The molecule has 2 aromatic rings. The molecule has 2 aromatic heterocycles. The van der Waals surface area contributed by atoms with Gasteiger partial charge >= 0.3 is 0 Å². The third-order valence-electron chi connectivity index (χ3n) is 2.98. The van der Waals surface area contributed by atoms with Gasteiger partial charge in [0.05, 0.1) is 0 Å². The molecule has 1 atom stereocenters. The van der Waals surface area contributed by atoms with E-state index in [9.17, 15) is 0 Å². The zero-order chi connectivity index (χ0) is 14.7. The summed E-state index contributed by atoms with van der Waals surface area (Å²) in [6.07, 6.45) is 0.978. The number of fused-ring (bicyclic) bond motifs is 1. The van der Waals surface area contributed by atoms with E-state index in [4.69, 9.17) is 11.6 Å². The Morgan fingerprint density at radius 2 is 1.60 bits per heavy atom. The normalized spacial score (nSPS) is 12.2. The molecule has 0 aliphatic heterocycles. The number of halogens is 1. The molecule has 1 unspecified atom stereocenters. The van der Waals surface area contributed by atoms with Gasteiger partial charge in [-0.2, -0.15) is 9.97 Å². The highest BCUT2D eigenvalue weighted by molar-refractivity contribution is 6.29. The van der Waals surface area contributed by atoms with Crippen LogP contribution in [0.15, 0.2) is 0 Å². The van der Waals surface area contributed by atoms with Crippen LogP contribution in [-0.2, 0) is 0 Å². The van der Waals surface area contributed by atoms with Crippen molar-refractivity contribution in [3.63, 3.8) is 0 Å². The summed E-state index contributed by atoms with van der Waals surface area (Å²) < 4.78 is 0. The quantitative estimate of drug-likeness (QED) is 0.730. The lowest BCUT2D eigenvalue weighted by Gasteiger charge is -2.14. The Bertz CT molecular complexity index is 616. The second kappa shape index (κ2) is 6.04. The summed E-state index contributed by atoms with van der Waals surface area (Å²) in [5.74, 6) is 1.73. The number of hydrogen-bond acceptors (Lipinski definition) is 7. The minimum absolute atomic E-state index is 0.157. The molecule has 0 aliphatic carbocycles. The summed E-state index contributed by atoms with van der Waals surface area (Å²) >= 11 is 5.92. The Kier molecular flexibility index (Phi) is 4.39. The van der Waals surface area contributed by atoms with Gasteiger partial charge in [0.25, 0.3) is 0 Å². The van der Waals surface area contributed by atoms with Crippen LogP contribution in [0.2, 0.25) is 5.28 Å². The molecule has 20 heavy (non-hydrogen) atoms. The molecular formula is C12H18ClN7. The van der Waals surface area contributed by atoms with Crippen molar-refractivity contribution in [2.24, 2.45) is 0 Å². The molecular weight excluding hydrogens is 278 g/mol. The first-order valence-corrected chi connectivity index (χ1v) is 6.84. The fourth-order valence-electron chi connectivity index (χ4n) is 1.72. The van der Waals surface area contributed by atoms with Gasteiger partial charge < -0.3 is 16.0 Å². The molecule has 0 saturated carbocycles. The molecule has 0 fully saturated rings. The van der Waals surface area contributed by atoms with Gasteiger partial charge in [0, 0.05) is 20.1 Å². The van der Waals surface area contributed by atoms with E-state index < -0.39 is 0 Å². The monoisotopic (exact) mass is 295 g/mol. The minimum atomic E-state index is 0.157. The van der Waals surface area contributed by atoms with E-state index in [0.29, 0.717) is 28.6 Å². The third kappa shape index (κ3) is 2.82. The summed E-state index contributed by atoms with van der Waals surface area (Å²) in [7, 11) is 3.55. The molecule has 0 spiro atoms. The summed E-state index contributed by atoms with van der Waals surface area (Å²) in [5.41, 5.74) is 1.22. The smallest absolute Gasteiger partial charge is 0.225 e. The number of rotatable bonds is 5. The Labute approximate surface area is 122 Å². The molecule has 0 aromatic carbocycles. The van der Waals surface area contributed by atoms with Crippen molar-refractivity contribution in [2.75, 3.05) is 30.0 Å². The van der Waals surface area contributed by atoms with Gasteiger partial charge in [-0.05, 0) is 24.9 Å². The molecule has 0 aliphatic rings. The molecule has 2 rings (SSSR count). The highest BCUT2D eigenvalue weighted by Gasteiger charge is 2.14. The minimum Gasteiger partial charge on any atom is -0.371 e. The van der Waals surface area contributed by atoms with Crippen LogP contribution in [0.1, 0.15) is 20.3 Å². The van der Waals surface area contributed by atoms with E-state index in [1.165, 1.54) is 0 Å². The third-order valence-corrected chi connectivity index (χ3v) is 3.15. The molecule has 7 nitrogen and oxygen atoms in total. The van der Waals surface area contributed by atoms with Gasteiger partial charge in [-0.25, -0.2) is 9.97 Å². The van der Waals surface area contributed by atoms with Crippen LogP contribution in [0.5, 0.6) is 0 Å². The largest absolute Gasteiger partial charge is 0.371 e. The van der Waals surface area contributed by atoms with Crippen molar-refractivity contribution < 1.29 is 0 Å². The van der Waals surface area contributed by atoms with Crippen LogP contribution < -0.4 is 16.0 Å². The van der Waals surface area contributed by atoms with Crippen LogP contribution in [0.25, 0.3) is 11.0 Å². The predicted molar refractivity (Wildman–Crippen MR) is 82.6 cm³/mol. The van der Waals surface area contributed by atoms with E-state index in [1.807, 2.05) is 0 Å². The fraction of sp³-hybridized carbons (Fsp3) is 0.500. The van der Waals surface area contributed by atoms with Crippen LogP contribution in [0.3, 0.4) is 0 Å². The molecule has 108 valence electrons. The molecule has 8 heteroatoms. The molecule has 0 saturated heterocycles. The number of nitrogens with zero attached hydrogens (tertiary/aromatic N) is 4. The van der Waals surface area contributed by atoms with Crippen LogP contribution in [0.4, 0.5) is 17.6 Å². The summed E-state index contributed by atoms with van der Waals surface area (Å²) in [6, 6.07) is 0.281. The topological polar surface area (TPSA) is 87.7 Å². The first-order valence-electron chi connectivity index (χ1n) is 6.46. The average molecular weight is 296 g/mol. The SMILES string of the molecule is CCC(C)Nc1nc(NC)c2nc(Cl)nc(NC)c2n1. The van der Waals surface area contributed by atoms with Crippen LogP contribution in [0, 0.1) is 0 Å². The first kappa shape index (κ1) is 14.5. The van der Waals surface area contributed by atoms with E-state index in [2.05, 4.69) is 49.7 Å². The van der Waals surface area contributed by atoms with E-state index >= 15 is 0 Å². The van der Waals surface area contributed by atoms with Gasteiger partial charge in [-0.3, -0.25) is 0 Å². The Balaban J connectivity index is 2.62. The van der Waals surface area contributed by atoms with E-state index in [1.54, 1.807) is 14.1 Å². The molecule has 0 amide bonds. The average Bonchev–Trinajstić information content (AvgIpc) is 2.45. The summed E-state index contributed by atoms with van der Waals surface area (Å²) in [4.78, 5) is 17.2. The molecule has 0 bridgehead atoms. The van der Waals surface area contributed by atoms with Crippen molar-refractivity contribution in [3.05, 3.63) is 5.28 Å². The first-order chi connectivity index (χ1) is 9.58. The highest BCUT2D eigenvalue weighted by atomic mass is 35.5. The van der Waals surface area contributed by atoms with Crippen LogP contribution in [-0.4, -0.2) is 40.1 Å². The van der Waals surface area contributed by atoms with Gasteiger partial charge in [-0.1, -0.05) is 6.92 Å². The highest BCUT2D eigenvalue weighted by Crippen LogP contribution is 2.26. The standard InChI is InChI=1S/C12H18ClN7/c1-5-6(2)16-12-18-8-7(10(15-4)20-12)17-11(13)19-9(8)14-3/h6H,5H2,1-4H3,(H,14,17,19)(H2,15,16,18,20). The number of nitrogens with one attached hydrogen (secondary N) is 3. The predicted octanol–water partition coefficient (Wildman–Crippen LogP) is 2.37. The van der Waals surface area contributed by atoms with Crippen molar-refractivity contribution in [1.82, 2.24) is 19.9 Å². The van der Waals surface area contributed by atoms with E-state index in [-0.39, 0.29) is 11.3 Å². The Hall–Kier alpha value is -1.89. The van der Waals surface area contributed by atoms with E-state index in [0.717, 1.165) is 6.42 Å². The number of aromatic nitrogens is 4. The van der Waals surface area contributed by atoms with Crippen molar-refractivity contribution >= 4 is 40.2 Å². The number of anilines is 3. The van der Waals surface area contributed by atoms with Gasteiger partial charge in [0.1, 0.15) is 11.0 Å². The Morgan fingerprint density at radius 1 is 1.00 bits per heavy atom. The fourth-order valence-corrected chi connectivity index (χ4v) is 1.89. The second-order valence-electron chi connectivity index (χ2n) is 4.39. The van der Waals surface area contributed by atoms with Crippen molar-refractivity contribution in [3.8, 4) is 0 Å². The lowest BCUT2D eigenvalue weighted by atomic mass is 10.3. The Morgan fingerprint density at radius 3 is 2.20 bits per heavy atom. The molecule has 3 N–H and O–H groups in total. The van der Waals surface area contributed by atoms with Crippen molar-refractivity contribution in [2.45, 2.75) is 26.3 Å². The van der Waals surface area contributed by atoms with Gasteiger partial charge in [-0.15, -0.1) is 0 Å². The lowest BCUT2D eigenvalue weighted by molar-refractivity contribution is 0.754.